The maximum Gasteiger partial charge on any atom is 0.269 e. The monoisotopic (exact) mass is 459 g/mol. The van der Waals surface area contributed by atoms with Gasteiger partial charge in [0.15, 0.2) is 0 Å². The molecule has 0 saturated carbocycles. The van der Waals surface area contributed by atoms with Crippen LogP contribution in [-0.4, -0.2) is 42.9 Å². The van der Waals surface area contributed by atoms with Gasteiger partial charge in [-0.15, -0.1) is 0 Å². The Morgan fingerprint density at radius 2 is 1.84 bits per heavy atom. The minimum Gasteiger partial charge on any atom is -0.495 e. The van der Waals surface area contributed by atoms with E-state index in [1.54, 1.807) is 25.5 Å². The molecular weight excluding hydrogens is 434 g/mol. The van der Waals surface area contributed by atoms with Crippen molar-refractivity contribution in [1.29, 1.82) is 0 Å². The summed E-state index contributed by atoms with van der Waals surface area (Å²) in [4.78, 5) is 29.1. The minimum atomic E-state index is -3.90. The third-order valence-corrected chi connectivity index (χ3v) is 6.30. The molecule has 1 aromatic heterocycles. The molecule has 1 heterocycles. The van der Waals surface area contributed by atoms with Gasteiger partial charge in [-0.3, -0.25) is 20.4 Å². The molecule has 3 aromatic rings. The van der Waals surface area contributed by atoms with Crippen molar-refractivity contribution in [3.05, 3.63) is 53.9 Å². The zero-order valence-corrected chi connectivity index (χ0v) is 19.0. The van der Waals surface area contributed by atoms with E-state index >= 15 is 0 Å². The Balaban J connectivity index is 1.71. The highest BCUT2D eigenvalue weighted by atomic mass is 32.2. The number of hydrazine groups is 1. The molecule has 11 heteroatoms. The lowest BCUT2D eigenvalue weighted by Crippen LogP contribution is -2.42. The van der Waals surface area contributed by atoms with E-state index in [0.717, 1.165) is 11.0 Å². The molecule has 3 N–H and O–H groups in total. The van der Waals surface area contributed by atoms with Crippen molar-refractivity contribution in [2.24, 2.45) is 7.05 Å². The third-order valence-electron chi connectivity index (χ3n) is 4.62. The number of hydrogen-bond donors (Lipinski definition) is 3. The molecule has 0 bridgehead atoms. The van der Waals surface area contributed by atoms with Gasteiger partial charge in [-0.05, 0) is 44.2 Å². The second-order valence-corrected chi connectivity index (χ2v) is 9.08. The number of benzene rings is 2. The second kappa shape index (κ2) is 9.37. The predicted octanol–water partition coefficient (Wildman–Crippen LogP) is 1.27. The maximum atomic E-state index is 12.6. The number of rotatable bonds is 7. The predicted molar refractivity (Wildman–Crippen MR) is 118 cm³/mol. The molecule has 0 aliphatic rings. The van der Waals surface area contributed by atoms with E-state index < -0.39 is 21.8 Å². The average molecular weight is 460 g/mol. The largest absolute Gasteiger partial charge is 0.495 e. The highest BCUT2D eigenvalue weighted by molar-refractivity contribution is 7.89. The SMILES string of the molecule is COc1ccc(C(=O)NNC(=O)Cc2nc3ccccc3n2C)cc1S(=O)(=O)NC(C)C. The number of ether oxygens (including phenoxy) is 1. The summed E-state index contributed by atoms with van der Waals surface area (Å²) in [5, 5.41) is 0. The maximum absolute atomic E-state index is 12.6. The Morgan fingerprint density at radius 3 is 2.50 bits per heavy atom. The van der Waals surface area contributed by atoms with Crippen LogP contribution >= 0.6 is 0 Å². The fourth-order valence-electron chi connectivity index (χ4n) is 3.14. The van der Waals surface area contributed by atoms with Gasteiger partial charge in [0, 0.05) is 18.7 Å². The Kier molecular flexibility index (Phi) is 6.80. The number of carbonyl (C=O) groups is 2. The number of sulfonamides is 1. The van der Waals surface area contributed by atoms with E-state index in [-0.39, 0.29) is 28.7 Å². The summed E-state index contributed by atoms with van der Waals surface area (Å²) >= 11 is 0. The summed E-state index contributed by atoms with van der Waals surface area (Å²) in [5.41, 5.74) is 6.33. The number of amides is 2. The number of methoxy groups -OCH3 is 1. The highest BCUT2D eigenvalue weighted by Crippen LogP contribution is 2.25. The summed E-state index contributed by atoms with van der Waals surface area (Å²) in [6.07, 6.45) is -0.0496. The molecule has 32 heavy (non-hydrogen) atoms. The first kappa shape index (κ1) is 23.2. The van der Waals surface area contributed by atoms with E-state index in [9.17, 15) is 18.0 Å². The molecule has 0 unspecified atom stereocenters. The van der Waals surface area contributed by atoms with E-state index in [2.05, 4.69) is 20.6 Å². The van der Waals surface area contributed by atoms with Gasteiger partial charge in [0.25, 0.3) is 5.91 Å². The highest BCUT2D eigenvalue weighted by Gasteiger charge is 2.22. The standard InChI is InChI=1S/C21H25N5O5S/c1-13(2)25-32(29,30)18-11-14(9-10-17(18)31-4)21(28)24-23-20(27)12-19-22-15-7-5-6-8-16(15)26(19)3/h5-11,13,25H,12H2,1-4H3,(H,23,27)(H,24,28). The van der Waals surface area contributed by atoms with Crippen molar-refractivity contribution in [2.75, 3.05) is 7.11 Å². The van der Waals surface area contributed by atoms with Crippen molar-refractivity contribution in [1.82, 2.24) is 25.1 Å². The molecule has 0 aliphatic heterocycles. The van der Waals surface area contributed by atoms with Crippen LogP contribution in [0.15, 0.2) is 47.4 Å². The number of nitrogens with one attached hydrogen (secondary N) is 3. The van der Waals surface area contributed by atoms with Crippen LogP contribution in [0, 0.1) is 0 Å². The van der Waals surface area contributed by atoms with Gasteiger partial charge in [0.1, 0.15) is 16.5 Å². The number of aromatic nitrogens is 2. The number of carbonyl (C=O) groups excluding carboxylic acids is 2. The van der Waals surface area contributed by atoms with Gasteiger partial charge < -0.3 is 9.30 Å². The smallest absolute Gasteiger partial charge is 0.269 e. The third kappa shape index (κ3) is 5.06. The van der Waals surface area contributed by atoms with Crippen LogP contribution in [0.4, 0.5) is 0 Å². The van der Waals surface area contributed by atoms with Crippen LogP contribution < -0.4 is 20.3 Å². The van der Waals surface area contributed by atoms with Crippen molar-refractivity contribution in [3.8, 4) is 5.75 Å². The van der Waals surface area contributed by atoms with Gasteiger partial charge >= 0.3 is 0 Å². The average Bonchev–Trinajstić information content (AvgIpc) is 3.06. The molecule has 0 saturated heterocycles. The second-order valence-electron chi connectivity index (χ2n) is 7.40. The zero-order chi connectivity index (χ0) is 23.5. The fourth-order valence-corrected chi connectivity index (χ4v) is 4.59. The number of aryl methyl sites for hydroxylation is 1. The molecule has 0 radical (unpaired) electrons. The van der Waals surface area contributed by atoms with E-state index in [1.807, 2.05) is 24.3 Å². The molecule has 0 spiro atoms. The van der Waals surface area contributed by atoms with E-state index in [1.165, 1.54) is 25.3 Å². The van der Waals surface area contributed by atoms with Gasteiger partial charge in [-0.1, -0.05) is 12.1 Å². The topological polar surface area (TPSA) is 131 Å². The Morgan fingerprint density at radius 1 is 1.12 bits per heavy atom. The van der Waals surface area contributed by atoms with Crippen molar-refractivity contribution in [3.63, 3.8) is 0 Å². The van der Waals surface area contributed by atoms with Crippen LogP contribution in [0.1, 0.15) is 30.0 Å². The number of nitrogens with zero attached hydrogens (tertiary/aromatic N) is 2. The van der Waals surface area contributed by atoms with Gasteiger partial charge in [-0.25, -0.2) is 18.1 Å². The van der Waals surface area contributed by atoms with Gasteiger partial charge in [0.2, 0.25) is 15.9 Å². The fraction of sp³-hybridized carbons (Fsp3) is 0.286. The molecule has 2 amide bonds. The van der Waals surface area contributed by atoms with Crippen molar-refractivity contribution in [2.45, 2.75) is 31.2 Å². The van der Waals surface area contributed by atoms with E-state index in [4.69, 9.17) is 4.74 Å². The summed E-state index contributed by atoms with van der Waals surface area (Å²) in [6.45, 7) is 3.36. The zero-order valence-electron chi connectivity index (χ0n) is 18.2. The van der Waals surface area contributed by atoms with Crippen LogP contribution in [-0.2, 0) is 28.3 Å². The quantitative estimate of drug-likeness (QED) is 0.456. The summed E-state index contributed by atoms with van der Waals surface area (Å²) in [7, 11) is -0.757. The Bertz CT molecular complexity index is 1270. The van der Waals surface area contributed by atoms with Crippen LogP contribution in [0.3, 0.4) is 0 Å². The Hall–Kier alpha value is -3.44. The number of hydrogen-bond acceptors (Lipinski definition) is 6. The molecule has 170 valence electrons. The number of fused-ring (bicyclic) bond motifs is 1. The number of imidazole rings is 1. The minimum absolute atomic E-state index is 0.0398. The first-order chi connectivity index (χ1) is 15.1. The first-order valence-corrected chi connectivity index (χ1v) is 11.3. The molecule has 0 aliphatic carbocycles. The summed E-state index contributed by atoms with van der Waals surface area (Å²) in [6, 6.07) is 11.1. The lowest BCUT2D eigenvalue weighted by atomic mass is 10.2. The normalized spacial score (nSPS) is 11.5. The van der Waals surface area contributed by atoms with Gasteiger partial charge in [0.05, 0.1) is 24.6 Å². The summed E-state index contributed by atoms with van der Waals surface area (Å²) < 4.78 is 34.5. The van der Waals surface area contributed by atoms with Crippen LogP contribution in [0.2, 0.25) is 0 Å². The first-order valence-electron chi connectivity index (χ1n) is 9.82. The van der Waals surface area contributed by atoms with Crippen molar-refractivity contribution >= 4 is 32.9 Å². The molecule has 0 atom stereocenters. The molecular formula is C21H25N5O5S. The molecule has 2 aromatic carbocycles. The Labute approximate surface area is 186 Å². The van der Waals surface area contributed by atoms with Gasteiger partial charge in [-0.2, -0.15) is 0 Å². The lowest BCUT2D eigenvalue weighted by molar-refractivity contribution is -0.121. The van der Waals surface area contributed by atoms with Crippen molar-refractivity contribution < 1.29 is 22.7 Å². The molecule has 0 fully saturated rings. The van der Waals surface area contributed by atoms with Crippen LogP contribution in [0.5, 0.6) is 5.75 Å². The van der Waals surface area contributed by atoms with Crippen LogP contribution in [0.25, 0.3) is 11.0 Å². The molecule has 10 nitrogen and oxygen atoms in total. The molecule has 3 rings (SSSR count). The number of para-hydroxylation sites is 2. The summed E-state index contributed by atoms with van der Waals surface area (Å²) in [5.74, 6) is -0.511. The lowest BCUT2D eigenvalue weighted by Gasteiger charge is -2.14. The van der Waals surface area contributed by atoms with E-state index in [0.29, 0.717) is 5.82 Å².